The van der Waals surface area contributed by atoms with Crippen LogP contribution in [0, 0.1) is 11.2 Å². The number of likely N-dealkylation sites (tertiary alicyclic amines) is 1. The van der Waals surface area contributed by atoms with Gasteiger partial charge in [-0.2, -0.15) is 4.98 Å². The van der Waals surface area contributed by atoms with E-state index in [1.807, 2.05) is 32.9 Å². The van der Waals surface area contributed by atoms with Crippen molar-refractivity contribution in [1.82, 2.24) is 25.1 Å². The van der Waals surface area contributed by atoms with Gasteiger partial charge in [-0.1, -0.05) is 6.07 Å². The Morgan fingerprint density at radius 2 is 1.92 bits per heavy atom. The zero-order valence-electron chi connectivity index (χ0n) is 22.2. The zero-order chi connectivity index (χ0) is 27.4. The predicted molar refractivity (Wildman–Crippen MR) is 144 cm³/mol. The molecule has 6 rings (SSSR count). The van der Waals surface area contributed by atoms with E-state index in [1.54, 1.807) is 17.2 Å². The molecule has 11 heteroatoms. The monoisotopic (exact) mass is 552 g/mol. The van der Waals surface area contributed by atoms with Gasteiger partial charge in [0, 0.05) is 54.8 Å². The summed E-state index contributed by atoms with van der Waals surface area (Å²) in [7, 11) is 0. The standard InChI is InChI=1S/C28H30ClFN6O3/c1-27(2,3)39-26(37)36-15-28(16-36)10-12-35(14-28)23-24(33-34-25(29)32-23)38-21-9-8-18(30)13-20(21)19-5-4-11-31-22(19)17-6-7-17/h4-5,8-9,11,13,17H,6-7,10,12,14-16H2,1-3H3. The van der Waals surface area contributed by atoms with Crippen molar-refractivity contribution in [3.63, 3.8) is 0 Å². The number of carbonyl (C=O) groups excluding carboxylic acids is 1. The molecule has 2 saturated heterocycles. The molecule has 0 atom stereocenters. The third-order valence-corrected chi connectivity index (χ3v) is 7.46. The Hall–Kier alpha value is -3.53. The number of hydrogen-bond donors (Lipinski definition) is 0. The highest BCUT2D eigenvalue weighted by atomic mass is 35.5. The molecular weight excluding hydrogens is 523 g/mol. The Morgan fingerprint density at radius 3 is 2.67 bits per heavy atom. The Kier molecular flexibility index (Phi) is 6.32. The first kappa shape index (κ1) is 25.7. The van der Waals surface area contributed by atoms with Crippen LogP contribution >= 0.6 is 11.6 Å². The fourth-order valence-corrected chi connectivity index (χ4v) is 5.51. The lowest BCUT2D eigenvalue weighted by Gasteiger charge is -2.47. The van der Waals surface area contributed by atoms with Crippen molar-refractivity contribution >= 4 is 23.5 Å². The zero-order valence-corrected chi connectivity index (χ0v) is 22.9. The summed E-state index contributed by atoms with van der Waals surface area (Å²) in [6.07, 6.45) is 4.46. The van der Waals surface area contributed by atoms with Crippen molar-refractivity contribution in [3.05, 3.63) is 53.3 Å². The molecule has 4 heterocycles. The van der Waals surface area contributed by atoms with Gasteiger partial charge in [-0.15, -0.1) is 10.2 Å². The molecule has 39 heavy (non-hydrogen) atoms. The number of benzene rings is 1. The molecule has 1 aromatic carbocycles. The number of amides is 1. The highest BCUT2D eigenvalue weighted by Crippen LogP contribution is 2.47. The lowest BCUT2D eigenvalue weighted by atomic mass is 9.79. The number of carbonyl (C=O) groups is 1. The molecule has 3 fully saturated rings. The van der Waals surface area contributed by atoms with Crippen LogP contribution in [0.4, 0.5) is 15.0 Å². The summed E-state index contributed by atoms with van der Waals surface area (Å²) in [5.41, 5.74) is 1.77. The molecule has 3 aliphatic rings. The maximum absolute atomic E-state index is 14.4. The van der Waals surface area contributed by atoms with Crippen molar-refractivity contribution in [3.8, 4) is 22.8 Å². The molecule has 2 aliphatic heterocycles. The third-order valence-electron chi connectivity index (χ3n) is 7.30. The van der Waals surface area contributed by atoms with Gasteiger partial charge in [0.25, 0.3) is 5.88 Å². The minimum atomic E-state index is -0.536. The average Bonchev–Trinajstić information content (AvgIpc) is 3.61. The minimum Gasteiger partial charge on any atom is -0.444 e. The second-order valence-electron chi connectivity index (χ2n) is 11.7. The highest BCUT2D eigenvalue weighted by Gasteiger charge is 2.51. The van der Waals surface area contributed by atoms with Crippen LogP contribution in [0.2, 0.25) is 5.28 Å². The topological polar surface area (TPSA) is 93.6 Å². The number of nitrogens with zero attached hydrogens (tertiary/aromatic N) is 6. The van der Waals surface area contributed by atoms with Gasteiger partial charge in [0.1, 0.15) is 17.2 Å². The van der Waals surface area contributed by atoms with Crippen molar-refractivity contribution in [2.24, 2.45) is 5.41 Å². The molecule has 1 amide bonds. The van der Waals surface area contributed by atoms with Gasteiger partial charge in [-0.05, 0) is 75.9 Å². The van der Waals surface area contributed by atoms with E-state index in [2.05, 4.69) is 25.1 Å². The van der Waals surface area contributed by atoms with E-state index in [0.29, 0.717) is 49.2 Å². The molecule has 0 unspecified atom stereocenters. The van der Waals surface area contributed by atoms with Crippen molar-refractivity contribution in [1.29, 1.82) is 0 Å². The molecule has 1 saturated carbocycles. The highest BCUT2D eigenvalue weighted by molar-refractivity contribution is 6.28. The predicted octanol–water partition coefficient (Wildman–Crippen LogP) is 5.84. The van der Waals surface area contributed by atoms with E-state index in [0.717, 1.165) is 30.5 Å². The maximum atomic E-state index is 14.4. The quantitative estimate of drug-likeness (QED) is 0.389. The van der Waals surface area contributed by atoms with E-state index in [4.69, 9.17) is 21.1 Å². The fourth-order valence-electron chi connectivity index (χ4n) is 5.39. The smallest absolute Gasteiger partial charge is 0.410 e. The van der Waals surface area contributed by atoms with Crippen LogP contribution in [0.25, 0.3) is 11.1 Å². The second kappa shape index (κ2) is 9.59. The Bertz CT molecular complexity index is 1420. The summed E-state index contributed by atoms with van der Waals surface area (Å²) in [6.45, 7) is 8.14. The van der Waals surface area contributed by atoms with Crippen LogP contribution in [0.3, 0.4) is 0 Å². The summed E-state index contributed by atoms with van der Waals surface area (Å²) in [5.74, 6) is 1.08. The lowest BCUT2D eigenvalue weighted by molar-refractivity contribution is -0.0266. The first-order valence-corrected chi connectivity index (χ1v) is 13.5. The molecule has 0 radical (unpaired) electrons. The number of halogens is 2. The lowest BCUT2D eigenvalue weighted by Crippen LogP contribution is -2.60. The van der Waals surface area contributed by atoms with Gasteiger partial charge in [0.15, 0.2) is 5.82 Å². The molecular formula is C28H30ClFN6O3. The number of rotatable bonds is 5. The van der Waals surface area contributed by atoms with E-state index < -0.39 is 5.60 Å². The minimum absolute atomic E-state index is 0.00454. The number of pyridine rings is 1. The van der Waals surface area contributed by atoms with Crippen LogP contribution in [0.1, 0.15) is 51.6 Å². The Labute approximate surface area is 231 Å². The van der Waals surface area contributed by atoms with Gasteiger partial charge < -0.3 is 19.3 Å². The molecule has 3 aromatic rings. The van der Waals surface area contributed by atoms with E-state index in [-0.39, 0.29) is 28.5 Å². The molecule has 9 nitrogen and oxygen atoms in total. The summed E-state index contributed by atoms with van der Waals surface area (Å²) in [6, 6.07) is 8.18. The van der Waals surface area contributed by atoms with Crippen LogP contribution in [-0.4, -0.2) is 62.9 Å². The van der Waals surface area contributed by atoms with E-state index in [1.165, 1.54) is 12.1 Å². The summed E-state index contributed by atoms with van der Waals surface area (Å²) >= 11 is 6.16. The maximum Gasteiger partial charge on any atom is 0.410 e. The van der Waals surface area contributed by atoms with Gasteiger partial charge in [-0.25, -0.2) is 9.18 Å². The molecule has 204 valence electrons. The van der Waals surface area contributed by atoms with Gasteiger partial charge in [0.2, 0.25) is 5.28 Å². The number of hydrogen-bond acceptors (Lipinski definition) is 8. The number of anilines is 1. The van der Waals surface area contributed by atoms with Gasteiger partial charge in [0.05, 0.1) is 5.69 Å². The van der Waals surface area contributed by atoms with Crippen LogP contribution in [0.5, 0.6) is 11.6 Å². The van der Waals surface area contributed by atoms with Crippen LogP contribution < -0.4 is 9.64 Å². The molecule has 0 N–H and O–H groups in total. The SMILES string of the molecule is CC(C)(C)OC(=O)N1CC2(CCN(c3nc(Cl)nnc3Oc3ccc(F)cc3-c3cccnc3C3CC3)C2)C1. The molecule has 1 spiro atoms. The normalized spacial score (nSPS) is 18.3. The summed E-state index contributed by atoms with van der Waals surface area (Å²) < 4.78 is 26.2. The Morgan fingerprint density at radius 1 is 1.13 bits per heavy atom. The van der Waals surface area contributed by atoms with Crippen LogP contribution in [0.15, 0.2) is 36.5 Å². The van der Waals surface area contributed by atoms with E-state index >= 15 is 0 Å². The van der Waals surface area contributed by atoms with Crippen molar-refractivity contribution in [2.45, 2.75) is 51.6 Å². The summed E-state index contributed by atoms with van der Waals surface area (Å²) in [4.78, 5) is 25.3. The number of ether oxygens (including phenoxy) is 2. The van der Waals surface area contributed by atoms with Crippen LogP contribution in [-0.2, 0) is 4.74 Å². The van der Waals surface area contributed by atoms with E-state index in [9.17, 15) is 9.18 Å². The van der Waals surface area contributed by atoms with Gasteiger partial charge >= 0.3 is 6.09 Å². The third kappa shape index (κ3) is 5.34. The molecule has 2 aromatic heterocycles. The largest absolute Gasteiger partial charge is 0.444 e. The number of aromatic nitrogens is 4. The average molecular weight is 553 g/mol. The van der Waals surface area contributed by atoms with Crippen molar-refractivity contribution in [2.75, 3.05) is 31.1 Å². The molecule has 1 aliphatic carbocycles. The fraction of sp³-hybridized carbons (Fsp3) is 0.464. The van der Waals surface area contributed by atoms with Crippen molar-refractivity contribution < 1.29 is 18.7 Å². The second-order valence-corrected chi connectivity index (χ2v) is 12.0. The molecule has 0 bridgehead atoms. The van der Waals surface area contributed by atoms with Gasteiger partial charge in [-0.3, -0.25) is 4.98 Å². The summed E-state index contributed by atoms with van der Waals surface area (Å²) in [5, 5.41) is 8.14. The Balaban J connectivity index is 1.24. The first-order chi connectivity index (χ1) is 18.6. The first-order valence-electron chi connectivity index (χ1n) is 13.1.